The molecule has 0 aliphatic heterocycles. The van der Waals surface area contributed by atoms with E-state index in [0.29, 0.717) is 22.1 Å². The number of anilines is 2. The summed E-state index contributed by atoms with van der Waals surface area (Å²) in [7, 11) is 0. The van der Waals surface area contributed by atoms with Crippen molar-refractivity contribution in [2.45, 2.75) is 6.54 Å². The van der Waals surface area contributed by atoms with Crippen molar-refractivity contribution in [3.05, 3.63) is 70.7 Å². The Balaban J connectivity index is 1.50. The zero-order valence-electron chi connectivity index (χ0n) is 13.7. The molecule has 3 rings (SSSR count). The molecule has 0 aliphatic rings. The Morgan fingerprint density at radius 1 is 1.04 bits per heavy atom. The highest BCUT2D eigenvalue weighted by atomic mass is 32.1. The van der Waals surface area contributed by atoms with Crippen molar-refractivity contribution in [2.24, 2.45) is 0 Å². The quantitative estimate of drug-likeness (QED) is 0.564. The first kappa shape index (κ1) is 18.8. The zero-order chi connectivity index (χ0) is 19.2. The Hall–Kier alpha value is -2.98. The van der Waals surface area contributed by atoms with E-state index in [9.17, 15) is 13.6 Å². The van der Waals surface area contributed by atoms with Crippen molar-refractivity contribution in [1.29, 1.82) is 0 Å². The van der Waals surface area contributed by atoms with Crippen LogP contribution < -0.4 is 16.0 Å². The number of rotatable bonds is 5. The third-order valence-corrected chi connectivity index (χ3v) is 4.18. The van der Waals surface area contributed by atoms with Crippen LogP contribution in [-0.2, 0) is 6.54 Å². The van der Waals surface area contributed by atoms with Gasteiger partial charge in [0.15, 0.2) is 22.4 Å². The fourth-order valence-corrected chi connectivity index (χ4v) is 2.73. The third kappa shape index (κ3) is 5.25. The van der Waals surface area contributed by atoms with Crippen molar-refractivity contribution in [3.8, 4) is 0 Å². The first-order chi connectivity index (χ1) is 13.0. The van der Waals surface area contributed by atoms with E-state index >= 15 is 0 Å². The van der Waals surface area contributed by atoms with Gasteiger partial charge in [-0.3, -0.25) is 4.79 Å². The summed E-state index contributed by atoms with van der Waals surface area (Å²) in [5.41, 5.74) is 2.11. The van der Waals surface area contributed by atoms with E-state index in [1.54, 1.807) is 29.6 Å². The van der Waals surface area contributed by atoms with Crippen LogP contribution in [0, 0.1) is 11.6 Å². The average molecular weight is 405 g/mol. The lowest BCUT2D eigenvalue weighted by atomic mass is 10.2. The van der Waals surface area contributed by atoms with E-state index in [-0.39, 0.29) is 18.1 Å². The van der Waals surface area contributed by atoms with Gasteiger partial charge < -0.3 is 16.0 Å². The van der Waals surface area contributed by atoms with E-state index in [4.69, 9.17) is 12.2 Å². The van der Waals surface area contributed by atoms with Crippen LogP contribution in [0.15, 0.2) is 47.8 Å². The molecule has 1 heterocycles. The highest BCUT2D eigenvalue weighted by Crippen LogP contribution is 2.15. The Morgan fingerprint density at radius 3 is 2.37 bits per heavy atom. The molecule has 0 spiro atoms. The van der Waals surface area contributed by atoms with Gasteiger partial charge in [-0.1, -0.05) is 10.6 Å². The predicted octanol–water partition coefficient (Wildman–Crippen LogP) is 3.56. The van der Waals surface area contributed by atoms with Crippen LogP contribution in [0.25, 0.3) is 0 Å². The maximum atomic E-state index is 13.2. The highest BCUT2D eigenvalue weighted by Gasteiger charge is 2.09. The molecule has 0 fully saturated rings. The van der Waals surface area contributed by atoms with Crippen LogP contribution in [0.2, 0.25) is 0 Å². The Labute approximate surface area is 162 Å². The molecule has 0 bridgehead atoms. The summed E-state index contributed by atoms with van der Waals surface area (Å²) in [5.74, 6) is -2.13. The lowest BCUT2D eigenvalue weighted by Crippen LogP contribution is -2.27. The van der Waals surface area contributed by atoms with E-state index in [2.05, 4.69) is 25.5 Å². The van der Waals surface area contributed by atoms with Gasteiger partial charge in [-0.05, 0) is 65.7 Å². The number of thiocarbonyl (C=S) groups is 1. The normalized spacial score (nSPS) is 10.3. The predicted molar refractivity (Wildman–Crippen MR) is 104 cm³/mol. The van der Waals surface area contributed by atoms with E-state index < -0.39 is 11.6 Å². The fraction of sp³-hybridized carbons (Fsp3) is 0.0588. The largest absolute Gasteiger partial charge is 0.358 e. The number of carbonyl (C=O) groups excluding carboxylic acids is 1. The molecule has 3 N–H and O–H groups in total. The number of hydrogen-bond acceptors (Lipinski definition) is 5. The van der Waals surface area contributed by atoms with Gasteiger partial charge in [0, 0.05) is 23.3 Å². The minimum Gasteiger partial charge on any atom is -0.358 e. The molecule has 0 atom stereocenters. The smallest absolute Gasteiger partial charge is 0.277 e. The van der Waals surface area contributed by atoms with E-state index in [1.165, 1.54) is 6.07 Å². The van der Waals surface area contributed by atoms with Gasteiger partial charge in [-0.15, -0.1) is 5.10 Å². The van der Waals surface area contributed by atoms with Crippen molar-refractivity contribution < 1.29 is 13.6 Å². The number of aromatic nitrogens is 2. The molecular formula is C17H13F2N5OS2. The van der Waals surface area contributed by atoms with Gasteiger partial charge in [0.05, 0.1) is 0 Å². The topological polar surface area (TPSA) is 78.9 Å². The maximum absolute atomic E-state index is 13.2. The molecule has 3 aromatic rings. The zero-order valence-corrected chi connectivity index (χ0v) is 15.3. The van der Waals surface area contributed by atoms with E-state index in [0.717, 1.165) is 23.7 Å². The minimum atomic E-state index is -0.903. The Morgan fingerprint density at radius 2 is 1.74 bits per heavy atom. The molecule has 0 radical (unpaired) electrons. The van der Waals surface area contributed by atoms with Crippen LogP contribution >= 0.6 is 23.8 Å². The van der Waals surface area contributed by atoms with Gasteiger partial charge in [0.25, 0.3) is 5.91 Å². The number of halogens is 2. The Kier molecular flexibility index (Phi) is 5.99. The summed E-state index contributed by atoms with van der Waals surface area (Å²) in [6.45, 7) is 0.249. The molecule has 0 saturated carbocycles. The number of nitrogens with zero attached hydrogens (tertiary/aromatic N) is 2. The van der Waals surface area contributed by atoms with Crippen LogP contribution in [0.1, 0.15) is 16.1 Å². The maximum Gasteiger partial charge on any atom is 0.277 e. The second-order valence-corrected chi connectivity index (χ2v) is 6.40. The molecule has 138 valence electrons. The molecule has 0 saturated heterocycles. The van der Waals surface area contributed by atoms with Gasteiger partial charge in [0.2, 0.25) is 0 Å². The average Bonchev–Trinajstić information content (AvgIpc) is 3.19. The second kappa shape index (κ2) is 8.60. The van der Waals surface area contributed by atoms with Crippen molar-refractivity contribution in [3.63, 3.8) is 0 Å². The number of amides is 1. The lowest BCUT2D eigenvalue weighted by molar-refractivity contribution is 0.102. The van der Waals surface area contributed by atoms with Crippen molar-refractivity contribution >= 4 is 46.1 Å². The first-order valence-electron chi connectivity index (χ1n) is 7.68. The molecule has 1 amide bonds. The molecule has 0 aliphatic carbocycles. The number of hydrogen-bond donors (Lipinski definition) is 3. The second-order valence-electron chi connectivity index (χ2n) is 5.38. The standard InChI is InChI=1S/C17H13F2N5OS2/c18-13-6-1-10(7-14(13)19)8-20-17(26)22-12-4-2-11(3-5-12)21-16(25)15-9-27-24-23-15/h1-7,9H,8H2,(H,21,25)(H2,20,22,26). The molecule has 0 unspecified atom stereocenters. The minimum absolute atomic E-state index is 0.249. The van der Waals surface area contributed by atoms with Crippen LogP contribution in [0.3, 0.4) is 0 Å². The summed E-state index contributed by atoms with van der Waals surface area (Å²) >= 11 is 6.28. The van der Waals surface area contributed by atoms with E-state index in [1.807, 2.05) is 0 Å². The number of carbonyl (C=O) groups is 1. The van der Waals surface area contributed by atoms with Gasteiger partial charge in [-0.2, -0.15) is 0 Å². The van der Waals surface area contributed by atoms with Crippen LogP contribution in [0.4, 0.5) is 20.2 Å². The third-order valence-electron chi connectivity index (χ3n) is 3.43. The van der Waals surface area contributed by atoms with Crippen LogP contribution in [-0.4, -0.2) is 20.6 Å². The Bertz CT molecular complexity index is 948. The number of nitrogens with one attached hydrogen (secondary N) is 3. The monoisotopic (exact) mass is 405 g/mol. The highest BCUT2D eigenvalue weighted by molar-refractivity contribution is 7.80. The summed E-state index contributed by atoms with van der Waals surface area (Å²) in [4.78, 5) is 11.9. The van der Waals surface area contributed by atoms with Gasteiger partial charge >= 0.3 is 0 Å². The molecule has 27 heavy (non-hydrogen) atoms. The fourth-order valence-electron chi connectivity index (χ4n) is 2.10. The van der Waals surface area contributed by atoms with Crippen LogP contribution in [0.5, 0.6) is 0 Å². The summed E-state index contributed by atoms with van der Waals surface area (Å²) in [6.07, 6.45) is 0. The SMILES string of the molecule is O=C(Nc1ccc(NC(=S)NCc2ccc(F)c(F)c2)cc1)c1csnn1. The molecular weight excluding hydrogens is 392 g/mol. The molecule has 10 heteroatoms. The first-order valence-corrected chi connectivity index (χ1v) is 8.93. The van der Waals surface area contributed by atoms with Crippen molar-refractivity contribution in [1.82, 2.24) is 14.9 Å². The summed E-state index contributed by atoms with van der Waals surface area (Å²) in [6, 6.07) is 10.5. The lowest BCUT2D eigenvalue weighted by Gasteiger charge is -2.11. The molecule has 2 aromatic carbocycles. The molecule has 6 nitrogen and oxygen atoms in total. The van der Waals surface area contributed by atoms with Gasteiger partial charge in [0.1, 0.15) is 0 Å². The number of benzene rings is 2. The summed E-state index contributed by atoms with van der Waals surface area (Å²) in [5, 5.41) is 14.2. The van der Waals surface area contributed by atoms with Crippen molar-refractivity contribution in [2.75, 3.05) is 10.6 Å². The molecule has 1 aromatic heterocycles. The summed E-state index contributed by atoms with van der Waals surface area (Å²) < 4.78 is 29.7. The van der Waals surface area contributed by atoms with Gasteiger partial charge in [-0.25, -0.2) is 8.78 Å².